The lowest BCUT2D eigenvalue weighted by molar-refractivity contribution is 0.316. The van der Waals surface area contributed by atoms with Gasteiger partial charge in [0.1, 0.15) is 5.75 Å². The summed E-state index contributed by atoms with van der Waals surface area (Å²) in [6.45, 7) is 5.77. The monoisotopic (exact) mass is 278 g/mol. The highest BCUT2D eigenvalue weighted by molar-refractivity contribution is 7.80. The van der Waals surface area contributed by atoms with E-state index in [4.69, 9.17) is 22.7 Å². The molecule has 0 unspecified atom stereocenters. The average Bonchev–Trinajstić information content (AvgIpc) is 2.83. The van der Waals surface area contributed by atoms with Gasteiger partial charge in [-0.15, -0.1) is 0 Å². The number of hydrogen-bond acceptors (Lipinski definition) is 3. The maximum atomic E-state index is 5.64. The van der Waals surface area contributed by atoms with Gasteiger partial charge in [-0.25, -0.2) is 0 Å². The molecule has 1 aromatic carbocycles. The minimum absolute atomic E-state index is 0.579. The van der Waals surface area contributed by atoms with Crippen LogP contribution in [-0.4, -0.2) is 36.1 Å². The van der Waals surface area contributed by atoms with Crippen molar-refractivity contribution in [2.24, 2.45) is 5.73 Å². The summed E-state index contributed by atoms with van der Waals surface area (Å²) in [5.41, 5.74) is 8.35. The quantitative estimate of drug-likeness (QED) is 0.776. The highest BCUT2D eigenvalue weighted by Gasteiger charge is 2.12. The summed E-state index contributed by atoms with van der Waals surface area (Å²) in [4.78, 5) is 2.90. The van der Waals surface area contributed by atoms with E-state index in [-0.39, 0.29) is 0 Å². The lowest BCUT2D eigenvalue weighted by atomic mass is 10.1. The molecule has 4 heteroatoms. The van der Waals surface area contributed by atoms with E-state index < -0.39 is 0 Å². The molecule has 0 saturated heterocycles. The van der Waals surface area contributed by atoms with Gasteiger partial charge in [0.2, 0.25) is 0 Å². The molecule has 2 N–H and O–H groups in total. The van der Waals surface area contributed by atoms with Gasteiger partial charge in [-0.1, -0.05) is 31.3 Å². The minimum Gasteiger partial charge on any atom is -0.493 e. The lowest BCUT2D eigenvalue weighted by Crippen LogP contribution is -2.34. The zero-order valence-corrected chi connectivity index (χ0v) is 12.3. The second-order valence-corrected chi connectivity index (χ2v) is 5.56. The van der Waals surface area contributed by atoms with Crippen LogP contribution in [0.3, 0.4) is 0 Å². The number of benzene rings is 1. The molecule has 19 heavy (non-hydrogen) atoms. The van der Waals surface area contributed by atoms with E-state index in [1.807, 2.05) is 0 Å². The Balaban J connectivity index is 1.91. The van der Waals surface area contributed by atoms with E-state index in [1.165, 1.54) is 11.1 Å². The smallest absolute Gasteiger partial charge is 0.122 e. The van der Waals surface area contributed by atoms with Crippen molar-refractivity contribution in [3.8, 4) is 5.75 Å². The van der Waals surface area contributed by atoms with E-state index >= 15 is 0 Å². The Morgan fingerprint density at radius 1 is 1.42 bits per heavy atom. The Morgan fingerprint density at radius 2 is 2.26 bits per heavy atom. The summed E-state index contributed by atoms with van der Waals surface area (Å²) in [7, 11) is 0. The number of fused-ring (bicyclic) bond motifs is 1. The van der Waals surface area contributed by atoms with Crippen LogP contribution in [0.5, 0.6) is 5.75 Å². The Kier molecular flexibility index (Phi) is 5.16. The average molecular weight is 278 g/mol. The lowest BCUT2D eigenvalue weighted by Gasteiger charge is -2.20. The van der Waals surface area contributed by atoms with Crippen molar-refractivity contribution < 1.29 is 4.74 Å². The van der Waals surface area contributed by atoms with Gasteiger partial charge in [0.15, 0.2) is 0 Å². The molecule has 1 aliphatic heterocycles. The molecule has 0 atom stereocenters. The van der Waals surface area contributed by atoms with Crippen LogP contribution in [0.15, 0.2) is 18.2 Å². The fraction of sp³-hybridized carbons (Fsp3) is 0.533. The van der Waals surface area contributed by atoms with Crippen molar-refractivity contribution in [1.82, 2.24) is 4.90 Å². The molecular formula is C15H22N2OS. The van der Waals surface area contributed by atoms with E-state index in [9.17, 15) is 0 Å². The molecule has 0 aliphatic carbocycles. The van der Waals surface area contributed by atoms with Crippen molar-refractivity contribution in [1.29, 1.82) is 0 Å². The van der Waals surface area contributed by atoms with Crippen LogP contribution in [0, 0.1) is 0 Å². The molecule has 1 aromatic rings. The standard InChI is InChI=1S/C15H22N2OS/c1-2-7-17(11-15(16)19)8-5-12-3-4-14-13(10-12)6-9-18-14/h3-4,10H,2,5-9,11H2,1H3,(H2,16,19). The third kappa shape index (κ3) is 4.18. The number of nitrogens with zero attached hydrogens (tertiary/aromatic N) is 1. The highest BCUT2D eigenvalue weighted by Crippen LogP contribution is 2.26. The zero-order valence-electron chi connectivity index (χ0n) is 11.5. The molecule has 1 heterocycles. The van der Waals surface area contributed by atoms with Gasteiger partial charge in [-0.05, 0) is 36.6 Å². The van der Waals surface area contributed by atoms with Crippen LogP contribution in [-0.2, 0) is 12.8 Å². The molecule has 0 amide bonds. The predicted octanol–water partition coefficient (Wildman–Crippen LogP) is 2.16. The predicted molar refractivity (Wildman–Crippen MR) is 82.9 cm³/mol. The Morgan fingerprint density at radius 3 is 3.00 bits per heavy atom. The first-order chi connectivity index (χ1) is 9.19. The maximum Gasteiger partial charge on any atom is 0.122 e. The van der Waals surface area contributed by atoms with Gasteiger partial charge in [-0.2, -0.15) is 0 Å². The topological polar surface area (TPSA) is 38.5 Å². The summed E-state index contributed by atoms with van der Waals surface area (Å²) in [6.07, 6.45) is 3.20. The first-order valence-corrected chi connectivity index (χ1v) is 7.35. The molecule has 1 aliphatic rings. The van der Waals surface area contributed by atoms with E-state index in [1.54, 1.807) is 0 Å². The molecule has 0 fully saturated rings. The molecule has 2 rings (SSSR count). The van der Waals surface area contributed by atoms with Gasteiger partial charge < -0.3 is 10.5 Å². The summed E-state index contributed by atoms with van der Waals surface area (Å²) < 4.78 is 5.53. The number of nitrogens with two attached hydrogens (primary N) is 1. The highest BCUT2D eigenvalue weighted by atomic mass is 32.1. The van der Waals surface area contributed by atoms with Crippen molar-refractivity contribution in [3.63, 3.8) is 0 Å². The zero-order chi connectivity index (χ0) is 13.7. The van der Waals surface area contributed by atoms with Gasteiger partial charge in [0, 0.05) is 19.5 Å². The van der Waals surface area contributed by atoms with Gasteiger partial charge in [0.05, 0.1) is 11.6 Å². The van der Waals surface area contributed by atoms with Crippen LogP contribution in [0.2, 0.25) is 0 Å². The van der Waals surface area contributed by atoms with E-state index in [0.717, 1.165) is 51.3 Å². The summed E-state index contributed by atoms with van der Waals surface area (Å²) in [5.74, 6) is 1.05. The molecule has 0 aromatic heterocycles. The molecule has 0 radical (unpaired) electrons. The third-order valence-electron chi connectivity index (χ3n) is 3.39. The Labute approximate surface area is 120 Å². The van der Waals surface area contributed by atoms with Crippen LogP contribution in [0.1, 0.15) is 24.5 Å². The van der Waals surface area contributed by atoms with E-state index in [2.05, 4.69) is 30.0 Å². The Bertz CT molecular complexity index is 448. The van der Waals surface area contributed by atoms with E-state index in [0.29, 0.717) is 4.99 Å². The third-order valence-corrected chi connectivity index (χ3v) is 3.52. The number of hydrogen-bond donors (Lipinski definition) is 1. The molecule has 0 bridgehead atoms. The molecule has 104 valence electrons. The second-order valence-electron chi connectivity index (χ2n) is 5.03. The van der Waals surface area contributed by atoms with Gasteiger partial charge >= 0.3 is 0 Å². The molecule has 0 saturated carbocycles. The van der Waals surface area contributed by atoms with Crippen molar-refractivity contribution in [3.05, 3.63) is 29.3 Å². The van der Waals surface area contributed by atoms with Gasteiger partial charge in [-0.3, -0.25) is 4.90 Å². The first-order valence-electron chi connectivity index (χ1n) is 6.94. The summed E-state index contributed by atoms with van der Waals surface area (Å²) >= 11 is 5.00. The maximum absolute atomic E-state index is 5.64. The van der Waals surface area contributed by atoms with Crippen molar-refractivity contribution >= 4 is 17.2 Å². The molecule has 3 nitrogen and oxygen atoms in total. The number of rotatable bonds is 7. The second kappa shape index (κ2) is 6.87. The van der Waals surface area contributed by atoms with Crippen LogP contribution < -0.4 is 10.5 Å². The Hall–Kier alpha value is -1.13. The van der Waals surface area contributed by atoms with Gasteiger partial charge in [0.25, 0.3) is 0 Å². The minimum atomic E-state index is 0.579. The molecular weight excluding hydrogens is 256 g/mol. The normalized spacial score (nSPS) is 13.4. The number of thiocarbonyl (C=S) groups is 1. The fourth-order valence-electron chi connectivity index (χ4n) is 2.49. The van der Waals surface area contributed by atoms with Crippen molar-refractivity contribution in [2.45, 2.75) is 26.2 Å². The SMILES string of the molecule is CCCN(CCc1ccc2c(c1)CCO2)CC(N)=S. The summed E-state index contributed by atoms with van der Waals surface area (Å²) in [6, 6.07) is 6.53. The molecule has 0 spiro atoms. The van der Waals surface area contributed by atoms with Crippen LogP contribution in [0.25, 0.3) is 0 Å². The van der Waals surface area contributed by atoms with Crippen molar-refractivity contribution in [2.75, 3.05) is 26.2 Å². The summed E-state index contributed by atoms with van der Waals surface area (Å²) in [5, 5.41) is 0. The first kappa shape index (κ1) is 14.3. The van der Waals surface area contributed by atoms with Crippen LogP contribution in [0.4, 0.5) is 0 Å². The van der Waals surface area contributed by atoms with Crippen LogP contribution >= 0.6 is 12.2 Å². The number of ether oxygens (including phenoxy) is 1. The largest absolute Gasteiger partial charge is 0.493 e. The fourth-order valence-corrected chi connectivity index (χ4v) is 2.67.